The highest BCUT2D eigenvalue weighted by atomic mass is 32.2. The number of aryl methyl sites for hydroxylation is 2. The first kappa shape index (κ1) is 14.7. The molecule has 0 radical (unpaired) electrons. The van der Waals surface area contributed by atoms with Gasteiger partial charge in [0.05, 0.1) is 6.61 Å². The Morgan fingerprint density at radius 1 is 1.39 bits per heavy atom. The molecule has 0 saturated heterocycles. The van der Waals surface area contributed by atoms with Crippen molar-refractivity contribution in [2.24, 2.45) is 0 Å². The first-order valence-corrected chi connectivity index (χ1v) is 6.65. The highest BCUT2D eigenvalue weighted by Gasteiger charge is 2.31. The second-order valence-electron chi connectivity index (χ2n) is 3.93. The third kappa shape index (κ3) is 2.71. The predicted molar refractivity (Wildman–Crippen MR) is 62.0 cm³/mol. The highest BCUT2D eigenvalue weighted by molar-refractivity contribution is 7.89. The number of carboxylic acid groups (broad SMARTS) is 1. The van der Waals surface area contributed by atoms with Crippen LogP contribution >= 0.6 is 0 Å². The minimum atomic E-state index is -4.04. The highest BCUT2D eigenvalue weighted by Crippen LogP contribution is 2.26. The molecule has 0 aliphatic rings. The standard InChI is InChI=1S/C10H15NO6S/c1-5(4-12)11-18(15,16)9-7(3)17-6(2)8(9)10(13)14/h5,11-12H,4H2,1-3H3,(H,13,14). The van der Waals surface area contributed by atoms with Crippen molar-refractivity contribution in [2.45, 2.75) is 31.7 Å². The van der Waals surface area contributed by atoms with Gasteiger partial charge in [0.1, 0.15) is 22.0 Å². The lowest BCUT2D eigenvalue weighted by molar-refractivity contribution is 0.0691. The lowest BCUT2D eigenvalue weighted by atomic mass is 10.2. The summed E-state index contributed by atoms with van der Waals surface area (Å²) in [6, 6.07) is -0.716. The van der Waals surface area contributed by atoms with Gasteiger partial charge in [-0.05, 0) is 20.8 Å². The summed E-state index contributed by atoms with van der Waals surface area (Å²) in [7, 11) is -4.04. The van der Waals surface area contributed by atoms with E-state index in [1.165, 1.54) is 20.8 Å². The number of aliphatic hydroxyl groups excluding tert-OH is 1. The Kier molecular flexibility index (Phi) is 4.15. The van der Waals surface area contributed by atoms with Crippen molar-refractivity contribution in [3.8, 4) is 0 Å². The Morgan fingerprint density at radius 3 is 2.39 bits per heavy atom. The fraction of sp³-hybridized carbons (Fsp3) is 0.500. The summed E-state index contributed by atoms with van der Waals surface area (Å²) in [5.41, 5.74) is -0.384. The molecule has 0 amide bonds. The van der Waals surface area contributed by atoms with E-state index in [1.54, 1.807) is 0 Å². The zero-order valence-electron chi connectivity index (χ0n) is 10.2. The SMILES string of the molecule is Cc1oc(C)c(S(=O)(=O)NC(C)CO)c1C(=O)O. The van der Waals surface area contributed by atoms with E-state index < -0.39 is 33.5 Å². The average molecular weight is 277 g/mol. The van der Waals surface area contributed by atoms with Crippen molar-refractivity contribution in [1.29, 1.82) is 0 Å². The van der Waals surface area contributed by atoms with E-state index in [0.717, 1.165) is 0 Å². The van der Waals surface area contributed by atoms with Crippen molar-refractivity contribution in [3.63, 3.8) is 0 Å². The molecule has 1 heterocycles. The maximum Gasteiger partial charge on any atom is 0.340 e. The summed E-state index contributed by atoms with van der Waals surface area (Å²) in [5.74, 6) is -1.35. The number of carbonyl (C=O) groups is 1. The molecule has 0 fully saturated rings. The van der Waals surface area contributed by atoms with Crippen molar-refractivity contribution in [3.05, 3.63) is 17.1 Å². The molecule has 0 aliphatic heterocycles. The number of aromatic carboxylic acids is 1. The van der Waals surface area contributed by atoms with Crippen LogP contribution in [0.1, 0.15) is 28.8 Å². The number of hydrogen-bond acceptors (Lipinski definition) is 5. The van der Waals surface area contributed by atoms with Crippen LogP contribution in [0.25, 0.3) is 0 Å². The van der Waals surface area contributed by atoms with Crippen molar-refractivity contribution >= 4 is 16.0 Å². The smallest absolute Gasteiger partial charge is 0.340 e. The number of carboxylic acids is 1. The molecule has 0 aromatic carbocycles. The second-order valence-corrected chi connectivity index (χ2v) is 5.58. The van der Waals surface area contributed by atoms with Gasteiger partial charge in [-0.15, -0.1) is 0 Å². The Balaban J connectivity index is 3.37. The number of nitrogens with one attached hydrogen (secondary N) is 1. The van der Waals surface area contributed by atoms with Gasteiger partial charge < -0.3 is 14.6 Å². The first-order chi connectivity index (χ1) is 8.20. The lowest BCUT2D eigenvalue weighted by Gasteiger charge is -2.11. The zero-order valence-corrected chi connectivity index (χ0v) is 11.0. The van der Waals surface area contributed by atoms with E-state index >= 15 is 0 Å². The molecule has 18 heavy (non-hydrogen) atoms. The van der Waals surface area contributed by atoms with Crippen LogP contribution in [0, 0.1) is 13.8 Å². The predicted octanol–water partition coefficient (Wildman–Crippen LogP) is 0.254. The number of hydrogen-bond donors (Lipinski definition) is 3. The lowest BCUT2D eigenvalue weighted by Crippen LogP contribution is -2.35. The molecule has 1 aromatic rings. The molecule has 1 atom stereocenters. The second kappa shape index (κ2) is 5.09. The summed E-state index contributed by atoms with van der Waals surface area (Å²) >= 11 is 0. The molecule has 1 aromatic heterocycles. The van der Waals surface area contributed by atoms with Crippen LogP contribution in [0.2, 0.25) is 0 Å². The van der Waals surface area contributed by atoms with Crippen LogP contribution in [0.5, 0.6) is 0 Å². The summed E-state index contributed by atoms with van der Waals surface area (Å²) in [6.07, 6.45) is 0. The van der Waals surface area contributed by atoms with E-state index in [4.69, 9.17) is 14.6 Å². The van der Waals surface area contributed by atoms with Crippen LogP contribution in [0.4, 0.5) is 0 Å². The molecule has 0 bridgehead atoms. The van der Waals surface area contributed by atoms with E-state index in [2.05, 4.69) is 4.72 Å². The van der Waals surface area contributed by atoms with E-state index in [-0.39, 0.29) is 17.1 Å². The monoisotopic (exact) mass is 277 g/mol. The van der Waals surface area contributed by atoms with Gasteiger partial charge in [0, 0.05) is 6.04 Å². The molecule has 0 saturated carbocycles. The van der Waals surface area contributed by atoms with Crippen LogP contribution in [0.15, 0.2) is 9.31 Å². The molecule has 1 rings (SSSR count). The van der Waals surface area contributed by atoms with Crippen molar-refractivity contribution in [2.75, 3.05) is 6.61 Å². The number of aliphatic hydroxyl groups is 1. The van der Waals surface area contributed by atoms with Crippen LogP contribution < -0.4 is 4.72 Å². The maximum absolute atomic E-state index is 12.0. The molecule has 8 heteroatoms. The normalized spacial score (nSPS) is 13.6. The third-order valence-electron chi connectivity index (χ3n) is 2.32. The van der Waals surface area contributed by atoms with E-state index in [1.807, 2.05) is 0 Å². The molecule has 3 N–H and O–H groups in total. The van der Waals surface area contributed by atoms with E-state index in [0.29, 0.717) is 0 Å². The van der Waals surface area contributed by atoms with Crippen molar-refractivity contribution < 1.29 is 27.8 Å². The Bertz CT molecular complexity index is 559. The fourth-order valence-corrected chi connectivity index (χ4v) is 3.24. The first-order valence-electron chi connectivity index (χ1n) is 5.17. The average Bonchev–Trinajstić information content (AvgIpc) is 2.53. The van der Waals surface area contributed by atoms with Crippen molar-refractivity contribution in [1.82, 2.24) is 4.72 Å². The fourth-order valence-electron chi connectivity index (χ4n) is 1.60. The quantitative estimate of drug-likeness (QED) is 0.710. The molecular weight excluding hydrogens is 262 g/mol. The topological polar surface area (TPSA) is 117 Å². The van der Waals surface area contributed by atoms with Gasteiger partial charge in [-0.3, -0.25) is 0 Å². The van der Waals surface area contributed by atoms with Gasteiger partial charge >= 0.3 is 5.97 Å². The Morgan fingerprint density at radius 2 is 1.94 bits per heavy atom. The Hall–Kier alpha value is -1.38. The molecule has 0 spiro atoms. The summed E-state index contributed by atoms with van der Waals surface area (Å²) in [4.78, 5) is 10.7. The maximum atomic E-state index is 12.0. The van der Waals surface area contributed by atoms with Gasteiger partial charge in [-0.25, -0.2) is 17.9 Å². The molecule has 1 unspecified atom stereocenters. The third-order valence-corrected chi connectivity index (χ3v) is 4.06. The number of rotatable bonds is 5. The van der Waals surface area contributed by atoms with Crippen LogP contribution in [-0.4, -0.2) is 37.2 Å². The van der Waals surface area contributed by atoms with E-state index in [9.17, 15) is 13.2 Å². The minimum absolute atomic E-state index is 0.00235. The minimum Gasteiger partial charge on any atom is -0.478 e. The van der Waals surface area contributed by atoms with Gasteiger partial charge in [0.2, 0.25) is 10.0 Å². The summed E-state index contributed by atoms with van der Waals surface area (Å²) < 4.78 is 31.2. The van der Waals surface area contributed by atoms with Crippen LogP contribution in [0.3, 0.4) is 0 Å². The molecular formula is C10H15NO6S. The van der Waals surface area contributed by atoms with Gasteiger partial charge in [0.15, 0.2) is 0 Å². The zero-order chi connectivity index (χ0) is 14.1. The van der Waals surface area contributed by atoms with Gasteiger partial charge in [-0.1, -0.05) is 0 Å². The Labute approximate surface area is 104 Å². The van der Waals surface area contributed by atoms with Gasteiger partial charge in [0.25, 0.3) is 0 Å². The molecule has 102 valence electrons. The largest absolute Gasteiger partial charge is 0.478 e. The summed E-state index contributed by atoms with van der Waals surface area (Å²) in [6.45, 7) is 3.82. The molecule has 0 aliphatic carbocycles. The number of furan rings is 1. The van der Waals surface area contributed by atoms with Crippen LogP contribution in [-0.2, 0) is 10.0 Å². The summed E-state index contributed by atoms with van der Waals surface area (Å²) in [5, 5.41) is 17.8. The number of sulfonamides is 1. The molecule has 7 nitrogen and oxygen atoms in total. The van der Waals surface area contributed by atoms with Gasteiger partial charge in [-0.2, -0.15) is 0 Å².